The van der Waals surface area contributed by atoms with Crippen LogP contribution in [0.4, 0.5) is 5.69 Å². The quantitative estimate of drug-likeness (QED) is 0.546. The molecule has 0 aliphatic rings. The molecule has 2 aromatic heterocycles. The number of ether oxygens (including phenoxy) is 1. The minimum atomic E-state index is -3.67. The van der Waals surface area contributed by atoms with Gasteiger partial charge < -0.3 is 4.74 Å². The largest absolute Gasteiger partial charge is 0.494 e. The average molecular weight is 423 g/mol. The van der Waals surface area contributed by atoms with Crippen LogP contribution in [0, 0.1) is 6.92 Å². The summed E-state index contributed by atoms with van der Waals surface area (Å²) >= 11 is 2.99. The van der Waals surface area contributed by atoms with Gasteiger partial charge in [-0.1, -0.05) is 13.8 Å². The van der Waals surface area contributed by atoms with Crippen molar-refractivity contribution < 1.29 is 13.2 Å². The second kappa shape index (κ2) is 8.00. The lowest BCUT2D eigenvalue weighted by Crippen LogP contribution is -2.13. The number of thiazole rings is 1. The van der Waals surface area contributed by atoms with Crippen LogP contribution < -0.4 is 9.46 Å². The number of nitrogens with zero attached hydrogens (tertiary/aromatic N) is 1. The van der Waals surface area contributed by atoms with E-state index >= 15 is 0 Å². The summed E-state index contributed by atoms with van der Waals surface area (Å²) in [4.78, 5) is 6.53. The minimum absolute atomic E-state index is 0.290. The number of benzene rings is 1. The predicted molar refractivity (Wildman–Crippen MR) is 113 cm³/mol. The Labute approximate surface area is 168 Å². The molecule has 3 rings (SSSR count). The van der Waals surface area contributed by atoms with Crippen LogP contribution in [0.15, 0.2) is 40.6 Å². The summed E-state index contributed by atoms with van der Waals surface area (Å²) in [6, 6.07) is 8.59. The number of aryl methyl sites for hydroxylation is 1. The highest BCUT2D eigenvalue weighted by Crippen LogP contribution is 2.36. The molecule has 0 unspecified atom stereocenters. The molecule has 3 aromatic rings. The van der Waals surface area contributed by atoms with E-state index < -0.39 is 10.0 Å². The molecule has 0 atom stereocenters. The van der Waals surface area contributed by atoms with Gasteiger partial charge >= 0.3 is 0 Å². The first-order chi connectivity index (χ1) is 12.8. The number of anilines is 1. The van der Waals surface area contributed by atoms with Gasteiger partial charge in [-0.2, -0.15) is 0 Å². The maximum absolute atomic E-state index is 12.8. The van der Waals surface area contributed by atoms with E-state index in [1.807, 2.05) is 19.2 Å². The number of hydrogen-bond donors (Lipinski definition) is 1. The molecule has 0 bridgehead atoms. The summed E-state index contributed by atoms with van der Waals surface area (Å²) in [5.74, 6) is 1.06. The van der Waals surface area contributed by atoms with Gasteiger partial charge in [0.15, 0.2) is 0 Å². The fourth-order valence-electron chi connectivity index (χ4n) is 2.50. The lowest BCUT2D eigenvalue weighted by Gasteiger charge is -2.08. The number of rotatable bonds is 7. The lowest BCUT2D eigenvalue weighted by molar-refractivity contribution is 0.340. The Morgan fingerprint density at radius 2 is 1.93 bits per heavy atom. The Morgan fingerprint density at radius 1 is 1.22 bits per heavy atom. The zero-order valence-electron chi connectivity index (χ0n) is 15.6. The van der Waals surface area contributed by atoms with E-state index in [4.69, 9.17) is 4.74 Å². The van der Waals surface area contributed by atoms with Crippen molar-refractivity contribution in [3.8, 4) is 15.6 Å². The number of aromatic nitrogens is 1. The van der Waals surface area contributed by atoms with Crippen molar-refractivity contribution in [1.82, 2.24) is 4.98 Å². The third-order valence-corrected chi connectivity index (χ3v) is 7.62. The van der Waals surface area contributed by atoms with Gasteiger partial charge in [0.2, 0.25) is 0 Å². The SMILES string of the molecule is CCOc1ccc(NS(=O)(=O)c2cc(-c3nc(C(C)C)cs3)sc2C)cc1. The van der Waals surface area contributed by atoms with E-state index in [-0.39, 0.29) is 4.90 Å². The summed E-state index contributed by atoms with van der Waals surface area (Å²) in [7, 11) is -3.67. The summed E-state index contributed by atoms with van der Waals surface area (Å²) in [6.45, 7) is 8.47. The van der Waals surface area contributed by atoms with Crippen LogP contribution in [0.25, 0.3) is 9.88 Å². The van der Waals surface area contributed by atoms with Crippen LogP contribution in [-0.4, -0.2) is 20.0 Å². The maximum Gasteiger partial charge on any atom is 0.263 e. The van der Waals surface area contributed by atoms with E-state index in [0.717, 1.165) is 20.5 Å². The molecule has 1 aromatic carbocycles. The predicted octanol–water partition coefficient (Wildman–Crippen LogP) is 5.50. The van der Waals surface area contributed by atoms with Gasteiger partial charge in [0.05, 0.1) is 17.2 Å². The van der Waals surface area contributed by atoms with Crippen molar-refractivity contribution in [3.63, 3.8) is 0 Å². The molecule has 0 fully saturated rings. The lowest BCUT2D eigenvalue weighted by atomic mass is 10.2. The summed E-state index contributed by atoms with van der Waals surface area (Å²) in [6.07, 6.45) is 0. The van der Waals surface area contributed by atoms with Crippen molar-refractivity contribution >= 4 is 38.4 Å². The minimum Gasteiger partial charge on any atom is -0.494 e. The molecule has 0 saturated heterocycles. The van der Waals surface area contributed by atoms with Gasteiger partial charge in [0.25, 0.3) is 10.0 Å². The van der Waals surface area contributed by atoms with Crippen molar-refractivity contribution in [3.05, 3.63) is 46.3 Å². The van der Waals surface area contributed by atoms with E-state index in [0.29, 0.717) is 24.0 Å². The molecule has 144 valence electrons. The van der Waals surface area contributed by atoms with E-state index in [1.165, 1.54) is 11.3 Å². The fraction of sp³-hybridized carbons (Fsp3) is 0.316. The number of thiophene rings is 1. The third-order valence-electron chi connectivity index (χ3n) is 3.90. The van der Waals surface area contributed by atoms with E-state index in [2.05, 4.69) is 23.6 Å². The topological polar surface area (TPSA) is 68.3 Å². The van der Waals surface area contributed by atoms with Crippen molar-refractivity contribution in [2.45, 2.75) is 38.5 Å². The van der Waals surface area contributed by atoms with Crippen molar-refractivity contribution in [2.75, 3.05) is 11.3 Å². The smallest absolute Gasteiger partial charge is 0.263 e. The second-order valence-electron chi connectivity index (χ2n) is 6.33. The molecule has 0 amide bonds. The van der Waals surface area contributed by atoms with Crippen LogP contribution in [-0.2, 0) is 10.0 Å². The van der Waals surface area contributed by atoms with Crippen LogP contribution >= 0.6 is 22.7 Å². The standard InChI is InChI=1S/C19H22N2O3S3/c1-5-24-15-8-6-14(7-9-15)21-27(22,23)18-10-17(26-13(18)4)19-20-16(11-25-19)12(2)3/h6-12,21H,5H2,1-4H3. The Balaban J connectivity index is 1.85. The number of sulfonamides is 1. The fourth-order valence-corrected chi connectivity index (χ4v) is 6.19. The molecule has 0 radical (unpaired) electrons. The number of nitrogens with one attached hydrogen (secondary N) is 1. The molecular formula is C19H22N2O3S3. The first kappa shape index (κ1) is 19.9. The Morgan fingerprint density at radius 3 is 2.52 bits per heavy atom. The van der Waals surface area contributed by atoms with Crippen LogP contribution in [0.3, 0.4) is 0 Å². The van der Waals surface area contributed by atoms with Crippen LogP contribution in [0.5, 0.6) is 5.75 Å². The normalized spacial score (nSPS) is 11.7. The maximum atomic E-state index is 12.8. The van der Waals surface area contributed by atoms with Gasteiger partial charge in [0.1, 0.15) is 15.7 Å². The van der Waals surface area contributed by atoms with Crippen molar-refractivity contribution in [1.29, 1.82) is 0 Å². The molecule has 0 aliphatic carbocycles. The molecule has 0 aliphatic heterocycles. The second-order valence-corrected chi connectivity index (χ2v) is 10.1. The molecule has 1 N–H and O–H groups in total. The van der Waals surface area contributed by atoms with E-state index in [9.17, 15) is 8.42 Å². The van der Waals surface area contributed by atoms with Gasteiger partial charge in [-0.15, -0.1) is 22.7 Å². The zero-order valence-corrected chi connectivity index (χ0v) is 18.1. The molecule has 2 heterocycles. The summed E-state index contributed by atoms with van der Waals surface area (Å²) in [5.41, 5.74) is 1.53. The monoisotopic (exact) mass is 422 g/mol. The van der Waals surface area contributed by atoms with Gasteiger partial charge in [-0.05, 0) is 50.1 Å². The van der Waals surface area contributed by atoms with E-state index in [1.54, 1.807) is 41.7 Å². The highest BCUT2D eigenvalue weighted by molar-refractivity contribution is 7.93. The van der Waals surface area contributed by atoms with Crippen molar-refractivity contribution in [2.24, 2.45) is 0 Å². The summed E-state index contributed by atoms with van der Waals surface area (Å²) in [5, 5.41) is 2.89. The Hall–Kier alpha value is -1.90. The average Bonchev–Trinajstić information content (AvgIpc) is 3.23. The first-order valence-corrected chi connectivity index (χ1v) is 11.8. The van der Waals surface area contributed by atoms with Crippen LogP contribution in [0.1, 0.15) is 37.3 Å². The molecule has 8 heteroatoms. The first-order valence-electron chi connectivity index (χ1n) is 8.62. The zero-order chi connectivity index (χ0) is 19.6. The Bertz CT molecular complexity index is 1020. The molecule has 0 saturated carbocycles. The highest BCUT2D eigenvalue weighted by atomic mass is 32.2. The highest BCUT2D eigenvalue weighted by Gasteiger charge is 2.22. The van der Waals surface area contributed by atoms with Gasteiger partial charge in [-0.3, -0.25) is 4.72 Å². The number of hydrogen-bond acceptors (Lipinski definition) is 6. The van der Waals surface area contributed by atoms with Gasteiger partial charge in [0, 0.05) is 15.9 Å². The Kier molecular flexibility index (Phi) is 5.88. The summed E-state index contributed by atoms with van der Waals surface area (Å²) < 4.78 is 33.7. The molecule has 5 nitrogen and oxygen atoms in total. The third kappa shape index (κ3) is 4.51. The molecule has 27 heavy (non-hydrogen) atoms. The molecular weight excluding hydrogens is 400 g/mol. The molecule has 0 spiro atoms. The van der Waals surface area contributed by atoms with Crippen LogP contribution in [0.2, 0.25) is 0 Å². The van der Waals surface area contributed by atoms with Gasteiger partial charge in [-0.25, -0.2) is 13.4 Å².